The van der Waals surface area contributed by atoms with Gasteiger partial charge in [-0.05, 0) is 91.5 Å². The second kappa shape index (κ2) is 14.3. The second-order valence-corrected chi connectivity index (χ2v) is 11.8. The minimum Gasteiger partial charge on any atom is -0.489 e. The Morgan fingerprint density at radius 3 is 2.61 bits per heavy atom. The van der Waals surface area contributed by atoms with Gasteiger partial charge in [-0.2, -0.15) is 0 Å². The number of nitrogens with one attached hydrogen (secondary N) is 2. The van der Waals surface area contributed by atoms with Crippen LogP contribution in [0.25, 0.3) is 10.8 Å². The van der Waals surface area contributed by atoms with Crippen molar-refractivity contribution in [2.24, 2.45) is 5.92 Å². The first kappa shape index (κ1) is 29.6. The Hall–Kier alpha value is -2.87. The third-order valence-electron chi connectivity index (χ3n) is 8.12. The largest absolute Gasteiger partial charge is 0.489 e. The summed E-state index contributed by atoms with van der Waals surface area (Å²) in [5.74, 6) is 0.399. The smallest absolute Gasteiger partial charge is 0.223 e. The molecule has 5 rings (SSSR count). The second-order valence-electron chi connectivity index (χ2n) is 11.4. The van der Waals surface area contributed by atoms with Crippen molar-refractivity contribution in [3.8, 4) is 5.75 Å². The number of fused-ring (bicyclic) bond motifs is 1. The van der Waals surface area contributed by atoms with Crippen LogP contribution in [0.15, 0.2) is 54.6 Å². The number of hydrogen-bond acceptors (Lipinski definition) is 5. The molecule has 0 aliphatic carbocycles. The van der Waals surface area contributed by atoms with Gasteiger partial charge in [0.2, 0.25) is 5.91 Å². The molecule has 0 saturated carbocycles. The summed E-state index contributed by atoms with van der Waals surface area (Å²) in [6.07, 6.45) is 5.71. The number of carbonyl (C=O) groups excluding carboxylic acids is 1. The van der Waals surface area contributed by atoms with Gasteiger partial charge in [-0.25, -0.2) is 4.39 Å². The van der Waals surface area contributed by atoms with E-state index in [9.17, 15) is 9.18 Å². The van der Waals surface area contributed by atoms with Crippen molar-refractivity contribution in [3.63, 3.8) is 0 Å². The fourth-order valence-electron chi connectivity index (χ4n) is 5.70. The molecule has 2 aliphatic rings. The highest BCUT2D eigenvalue weighted by Gasteiger charge is 2.23. The summed E-state index contributed by atoms with van der Waals surface area (Å²) < 4.78 is 25.0. The molecule has 2 fully saturated rings. The summed E-state index contributed by atoms with van der Waals surface area (Å²) in [5.41, 5.74) is 2.05. The molecule has 1 unspecified atom stereocenters. The number of hydrogen-bond donors (Lipinski definition) is 2. The summed E-state index contributed by atoms with van der Waals surface area (Å²) >= 11 is 6.63. The first-order valence-electron chi connectivity index (χ1n) is 14.9. The van der Waals surface area contributed by atoms with E-state index in [4.69, 9.17) is 21.1 Å². The highest BCUT2D eigenvalue weighted by molar-refractivity contribution is 6.32. The third-order valence-corrected chi connectivity index (χ3v) is 8.42. The number of carbonyl (C=O) groups is 1. The van der Waals surface area contributed by atoms with E-state index in [0.29, 0.717) is 30.2 Å². The zero-order valence-corrected chi connectivity index (χ0v) is 24.6. The molecular formula is C33H41ClFN3O3. The molecule has 6 nitrogen and oxygen atoms in total. The Morgan fingerprint density at radius 2 is 1.83 bits per heavy atom. The fourth-order valence-corrected chi connectivity index (χ4v) is 5.94. The maximum atomic E-state index is 13.5. The zero-order chi connectivity index (χ0) is 28.6. The van der Waals surface area contributed by atoms with Gasteiger partial charge in [-0.1, -0.05) is 36.7 Å². The first-order chi connectivity index (χ1) is 19.9. The molecule has 8 heteroatoms. The van der Waals surface area contributed by atoms with Crippen LogP contribution < -0.4 is 15.4 Å². The summed E-state index contributed by atoms with van der Waals surface area (Å²) in [4.78, 5) is 15.7. The van der Waals surface area contributed by atoms with E-state index in [1.807, 2.05) is 37.3 Å². The van der Waals surface area contributed by atoms with E-state index >= 15 is 0 Å². The van der Waals surface area contributed by atoms with Crippen LogP contribution in [-0.2, 0) is 16.0 Å². The van der Waals surface area contributed by atoms with Crippen molar-refractivity contribution >= 4 is 34.0 Å². The number of ether oxygens (including phenoxy) is 2. The van der Waals surface area contributed by atoms with E-state index in [-0.39, 0.29) is 29.8 Å². The maximum absolute atomic E-state index is 13.5. The molecule has 2 N–H and O–H groups in total. The molecule has 0 aromatic heterocycles. The van der Waals surface area contributed by atoms with Crippen LogP contribution in [0.5, 0.6) is 5.75 Å². The minimum atomic E-state index is -0.235. The number of anilines is 1. The summed E-state index contributed by atoms with van der Waals surface area (Å²) in [7, 11) is 0. The number of benzene rings is 3. The Morgan fingerprint density at radius 1 is 1.07 bits per heavy atom. The van der Waals surface area contributed by atoms with Gasteiger partial charge in [0.05, 0.1) is 18.2 Å². The fraction of sp³-hybridized carbons (Fsp3) is 0.485. The van der Waals surface area contributed by atoms with Gasteiger partial charge in [-0.3, -0.25) is 4.79 Å². The molecule has 41 heavy (non-hydrogen) atoms. The lowest BCUT2D eigenvalue weighted by atomic mass is 10.0. The van der Waals surface area contributed by atoms with Crippen molar-refractivity contribution in [3.05, 3.63) is 71.0 Å². The molecule has 2 aliphatic heterocycles. The zero-order valence-electron chi connectivity index (χ0n) is 23.8. The summed E-state index contributed by atoms with van der Waals surface area (Å²) in [6.45, 7) is 7.06. The van der Waals surface area contributed by atoms with Crippen LogP contribution in [-0.4, -0.2) is 62.3 Å². The van der Waals surface area contributed by atoms with Crippen LogP contribution >= 0.6 is 11.6 Å². The maximum Gasteiger partial charge on any atom is 0.223 e. The van der Waals surface area contributed by atoms with Crippen LogP contribution in [0.1, 0.15) is 44.6 Å². The quantitative estimate of drug-likeness (QED) is 0.257. The minimum absolute atomic E-state index is 0.00443. The molecular weight excluding hydrogens is 541 g/mol. The van der Waals surface area contributed by atoms with E-state index in [0.717, 1.165) is 67.7 Å². The van der Waals surface area contributed by atoms with Crippen molar-refractivity contribution in [1.82, 2.24) is 10.2 Å². The number of rotatable bonds is 12. The highest BCUT2D eigenvalue weighted by Crippen LogP contribution is 2.29. The molecule has 2 heterocycles. The van der Waals surface area contributed by atoms with Crippen LogP contribution in [0.3, 0.4) is 0 Å². The molecule has 0 bridgehead atoms. The normalized spacial score (nSPS) is 17.8. The number of nitrogens with zero attached hydrogens (tertiary/aromatic N) is 1. The van der Waals surface area contributed by atoms with Crippen molar-refractivity contribution in [2.75, 3.05) is 44.7 Å². The Kier molecular flexibility index (Phi) is 10.4. The summed E-state index contributed by atoms with van der Waals surface area (Å²) in [6, 6.07) is 16.7. The van der Waals surface area contributed by atoms with Gasteiger partial charge in [0.1, 0.15) is 17.7 Å². The summed E-state index contributed by atoms with van der Waals surface area (Å²) in [5, 5.41) is 9.21. The van der Waals surface area contributed by atoms with Gasteiger partial charge >= 0.3 is 0 Å². The monoisotopic (exact) mass is 581 g/mol. The average Bonchev–Trinajstić information content (AvgIpc) is 3.48. The molecule has 2 atom stereocenters. The molecule has 0 spiro atoms. The topological polar surface area (TPSA) is 62.8 Å². The Labute approximate surface area is 247 Å². The molecule has 2 saturated heterocycles. The third kappa shape index (κ3) is 8.57. The number of likely N-dealkylation sites (tertiary alicyclic amines) is 1. The molecule has 1 amide bonds. The van der Waals surface area contributed by atoms with Crippen molar-refractivity contribution in [2.45, 2.75) is 57.6 Å². The van der Waals surface area contributed by atoms with E-state index in [1.165, 1.54) is 25.0 Å². The van der Waals surface area contributed by atoms with E-state index in [1.54, 1.807) is 6.07 Å². The molecule has 3 aromatic carbocycles. The molecule has 0 radical (unpaired) electrons. The Bertz CT molecular complexity index is 1310. The average molecular weight is 582 g/mol. The molecule has 3 aromatic rings. The highest BCUT2D eigenvalue weighted by atomic mass is 35.5. The van der Waals surface area contributed by atoms with Gasteiger partial charge < -0.3 is 25.0 Å². The lowest BCUT2D eigenvalue weighted by Gasteiger charge is -2.27. The molecule has 220 valence electrons. The standard InChI is InChI=1S/C33H41ClFN3O3/c1-23(10-13-36-28-8-6-25-20-27(35)7-5-26(25)21-28)33(39)37-29(22-38-14-2-3-15-38)18-24-4-9-32(31(34)19-24)41-30-11-16-40-17-12-30/h4-9,19-21,23,29-30,36H,2-3,10-18,22H2,1H3,(H,37,39)/t23-,29?/m0/s1. The van der Waals surface area contributed by atoms with Gasteiger partial charge in [0.15, 0.2) is 0 Å². The van der Waals surface area contributed by atoms with Crippen LogP contribution in [0, 0.1) is 11.7 Å². The first-order valence-corrected chi connectivity index (χ1v) is 15.3. The van der Waals surface area contributed by atoms with E-state index in [2.05, 4.69) is 21.6 Å². The van der Waals surface area contributed by atoms with E-state index < -0.39 is 0 Å². The van der Waals surface area contributed by atoms with Gasteiger partial charge in [0.25, 0.3) is 0 Å². The van der Waals surface area contributed by atoms with Gasteiger partial charge in [-0.15, -0.1) is 0 Å². The predicted octanol–water partition coefficient (Wildman–Crippen LogP) is 6.45. The number of amides is 1. The lowest BCUT2D eigenvalue weighted by Crippen LogP contribution is -2.46. The lowest BCUT2D eigenvalue weighted by molar-refractivity contribution is -0.125. The number of halogens is 2. The predicted molar refractivity (Wildman–Crippen MR) is 163 cm³/mol. The SMILES string of the molecule is C[C@@H](CCNc1ccc2cc(F)ccc2c1)C(=O)NC(Cc1ccc(OC2CCOCC2)c(Cl)c1)CN1CCCC1. The Balaban J connectivity index is 1.15. The van der Waals surface area contributed by atoms with Crippen molar-refractivity contribution < 1.29 is 18.7 Å². The van der Waals surface area contributed by atoms with Crippen molar-refractivity contribution in [1.29, 1.82) is 0 Å². The van der Waals surface area contributed by atoms with Crippen LogP contribution in [0.2, 0.25) is 5.02 Å². The van der Waals surface area contributed by atoms with Crippen LogP contribution in [0.4, 0.5) is 10.1 Å². The van der Waals surface area contributed by atoms with Gasteiger partial charge in [0, 0.05) is 43.6 Å².